The average Bonchev–Trinajstić information content (AvgIpc) is 3.40. The van der Waals surface area contributed by atoms with Gasteiger partial charge >= 0.3 is 0 Å². The number of ether oxygens (including phenoxy) is 1. The Hall–Kier alpha value is -1.81. The van der Waals surface area contributed by atoms with Crippen molar-refractivity contribution in [2.24, 2.45) is 5.92 Å². The molecule has 0 radical (unpaired) electrons. The third-order valence-corrected chi connectivity index (χ3v) is 7.46. The van der Waals surface area contributed by atoms with Gasteiger partial charge in [0.2, 0.25) is 0 Å². The Kier molecular flexibility index (Phi) is 5.63. The summed E-state index contributed by atoms with van der Waals surface area (Å²) in [4.78, 5) is 2.55. The van der Waals surface area contributed by atoms with E-state index in [-0.39, 0.29) is 0 Å². The van der Waals surface area contributed by atoms with E-state index in [1.807, 2.05) is 0 Å². The van der Waals surface area contributed by atoms with Gasteiger partial charge in [-0.2, -0.15) is 5.10 Å². The maximum absolute atomic E-state index is 5.98. The van der Waals surface area contributed by atoms with Crippen LogP contribution in [0.25, 0.3) is 5.69 Å². The van der Waals surface area contributed by atoms with Crippen molar-refractivity contribution in [1.29, 1.82) is 0 Å². The molecule has 156 valence electrons. The van der Waals surface area contributed by atoms with E-state index >= 15 is 0 Å². The van der Waals surface area contributed by atoms with Crippen LogP contribution in [-0.2, 0) is 6.42 Å². The molecule has 29 heavy (non-hydrogen) atoms. The van der Waals surface area contributed by atoms with Gasteiger partial charge in [-0.05, 0) is 101 Å². The van der Waals surface area contributed by atoms with E-state index in [0.29, 0.717) is 5.92 Å². The van der Waals surface area contributed by atoms with Crippen LogP contribution in [0, 0.1) is 12.8 Å². The zero-order valence-electron chi connectivity index (χ0n) is 17.9. The van der Waals surface area contributed by atoms with Gasteiger partial charge in [0, 0.05) is 18.2 Å². The number of fused-ring (bicyclic) bond motifs is 3. The molecular formula is C25H35N3O. The smallest absolute Gasteiger partial charge is 0.119 e. The molecule has 0 spiro atoms. The Bertz CT molecular complexity index is 819. The van der Waals surface area contributed by atoms with Crippen molar-refractivity contribution in [3.63, 3.8) is 0 Å². The van der Waals surface area contributed by atoms with E-state index < -0.39 is 0 Å². The molecule has 1 aliphatic heterocycles. The van der Waals surface area contributed by atoms with E-state index in [0.717, 1.165) is 36.9 Å². The van der Waals surface area contributed by atoms with Crippen LogP contribution in [0.4, 0.5) is 0 Å². The normalized spacial score (nSPS) is 24.3. The minimum atomic E-state index is 0.700. The lowest BCUT2D eigenvalue weighted by atomic mass is 9.70. The summed E-state index contributed by atoms with van der Waals surface area (Å²) in [5.74, 6) is 2.54. The highest BCUT2D eigenvalue weighted by molar-refractivity contribution is 5.42. The topological polar surface area (TPSA) is 30.3 Å². The van der Waals surface area contributed by atoms with Gasteiger partial charge in [0.25, 0.3) is 0 Å². The van der Waals surface area contributed by atoms with Gasteiger partial charge in [-0.25, -0.2) is 4.68 Å². The lowest BCUT2D eigenvalue weighted by Crippen LogP contribution is -2.23. The highest BCUT2D eigenvalue weighted by Crippen LogP contribution is 2.45. The van der Waals surface area contributed by atoms with Crippen molar-refractivity contribution in [1.82, 2.24) is 14.7 Å². The molecule has 4 heteroatoms. The minimum Gasteiger partial charge on any atom is -0.494 e. The van der Waals surface area contributed by atoms with Crippen molar-refractivity contribution in [2.75, 3.05) is 26.2 Å². The van der Waals surface area contributed by atoms with E-state index in [1.165, 1.54) is 81.4 Å². The predicted octanol–water partition coefficient (Wildman–Crippen LogP) is 5.27. The summed E-state index contributed by atoms with van der Waals surface area (Å²) in [7, 11) is 0. The van der Waals surface area contributed by atoms with E-state index in [2.05, 4.69) is 40.8 Å². The van der Waals surface area contributed by atoms with E-state index in [1.54, 1.807) is 0 Å². The molecule has 1 aromatic carbocycles. The lowest BCUT2D eigenvalue weighted by Gasteiger charge is -2.34. The van der Waals surface area contributed by atoms with Crippen LogP contribution in [0.3, 0.4) is 0 Å². The standard InChI is InChI=1S/C25H35N3O/c1-19-23-14-9-20-7-2-3-8-24(20)25(23)26-28(19)21-10-12-22(13-11-21)29-18-6-17-27-15-4-5-16-27/h10-13,20,24H,2-9,14-18H2,1H3/t20-,24+/m1/s1. The second-order valence-electron chi connectivity index (χ2n) is 9.30. The number of aromatic nitrogens is 2. The van der Waals surface area contributed by atoms with Crippen LogP contribution in [0.5, 0.6) is 5.75 Å². The second kappa shape index (κ2) is 8.51. The van der Waals surface area contributed by atoms with Crippen molar-refractivity contribution in [2.45, 2.75) is 70.6 Å². The number of likely N-dealkylation sites (tertiary alicyclic amines) is 1. The van der Waals surface area contributed by atoms with Gasteiger partial charge in [0.15, 0.2) is 0 Å². The summed E-state index contributed by atoms with van der Waals surface area (Å²) < 4.78 is 8.16. The van der Waals surface area contributed by atoms with Crippen molar-refractivity contribution < 1.29 is 4.74 Å². The fourth-order valence-corrected chi connectivity index (χ4v) is 5.83. The summed E-state index contributed by atoms with van der Waals surface area (Å²) in [6, 6.07) is 8.54. The number of hydrogen-bond donors (Lipinski definition) is 0. The quantitative estimate of drug-likeness (QED) is 0.627. The average molecular weight is 394 g/mol. The number of rotatable bonds is 6. The fraction of sp³-hybridized carbons (Fsp3) is 0.640. The fourth-order valence-electron chi connectivity index (χ4n) is 5.83. The van der Waals surface area contributed by atoms with Crippen LogP contribution in [-0.4, -0.2) is 40.9 Å². The molecule has 1 aromatic heterocycles. The summed E-state index contributed by atoms with van der Waals surface area (Å²) >= 11 is 0. The molecule has 0 unspecified atom stereocenters. The first-order valence-corrected chi connectivity index (χ1v) is 11.8. The van der Waals surface area contributed by atoms with Gasteiger partial charge in [0.05, 0.1) is 18.0 Å². The monoisotopic (exact) mass is 393 g/mol. The van der Waals surface area contributed by atoms with Gasteiger partial charge in [-0.1, -0.05) is 12.8 Å². The molecule has 2 aromatic rings. The van der Waals surface area contributed by atoms with Crippen LogP contribution in [0.15, 0.2) is 24.3 Å². The van der Waals surface area contributed by atoms with Gasteiger partial charge in [0.1, 0.15) is 5.75 Å². The Morgan fingerprint density at radius 1 is 1.00 bits per heavy atom. The Morgan fingerprint density at radius 2 is 1.79 bits per heavy atom. The highest BCUT2D eigenvalue weighted by Gasteiger charge is 2.35. The zero-order valence-corrected chi connectivity index (χ0v) is 17.9. The van der Waals surface area contributed by atoms with Crippen LogP contribution >= 0.6 is 0 Å². The number of nitrogens with zero attached hydrogens (tertiary/aromatic N) is 3. The lowest BCUT2D eigenvalue weighted by molar-refractivity contribution is 0.263. The van der Waals surface area contributed by atoms with E-state index in [9.17, 15) is 0 Å². The summed E-state index contributed by atoms with van der Waals surface area (Å²) in [5, 5.41) is 5.12. The number of benzene rings is 1. The SMILES string of the molecule is Cc1c2c(nn1-c1ccc(OCCCN3CCCC3)cc1)[C@H]1CCCC[C@@H]1CC2. The Labute approximate surface area is 175 Å². The molecule has 0 N–H and O–H groups in total. The second-order valence-corrected chi connectivity index (χ2v) is 9.30. The molecule has 3 aliphatic rings. The summed E-state index contributed by atoms with van der Waals surface area (Å²) in [5.41, 5.74) is 5.42. The third-order valence-electron chi connectivity index (χ3n) is 7.46. The summed E-state index contributed by atoms with van der Waals surface area (Å²) in [6.07, 6.45) is 11.9. The molecule has 2 fully saturated rings. The molecule has 5 rings (SSSR count). The molecule has 0 bridgehead atoms. The molecule has 0 amide bonds. The van der Waals surface area contributed by atoms with Gasteiger partial charge < -0.3 is 9.64 Å². The zero-order chi connectivity index (χ0) is 19.6. The highest BCUT2D eigenvalue weighted by atomic mass is 16.5. The van der Waals surface area contributed by atoms with Crippen LogP contribution < -0.4 is 4.74 Å². The van der Waals surface area contributed by atoms with Gasteiger partial charge in [-0.15, -0.1) is 0 Å². The first kappa shape index (κ1) is 19.2. The van der Waals surface area contributed by atoms with Crippen LogP contribution in [0.1, 0.15) is 74.2 Å². The third kappa shape index (κ3) is 3.96. The first-order valence-electron chi connectivity index (χ1n) is 11.8. The predicted molar refractivity (Wildman–Crippen MR) is 117 cm³/mol. The molecular weight excluding hydrogens is 358 g/mol. The molecule has 2 heterocycles. The summed E-state index contributed by atoms with van der Waals surface area (Å²) in [6.45, 7) is 6.75. The van der Waals surface area contributed by atoms with Crippen molar-refractivity contribution in [3.8, 4) is 11.4 Å². The molecule has 2 aliphatic carbocycles. The minimum absolute atomic E-state index is 0.700. The number of hydrogen-bond acceptors (Lipinski definition) is 3. The molecule has 1 saturated carbocycles. The van der Waals surface area contributed by atoms with Gasteiger partial charge in [-0.3, -0.25) is 0 Å². The first-order chi connectivity index (χ1) is 14.3. The van der Waals surface area contributed by atoms with Crippen molar-refractivity contribution in [3.05, 3.63) is 41.2 Å². The molecule has 4 nitrogen and oxygen atoms in total. The maximum atomic E-state index is 5.98. The largest absolute Gasteiger partial charge is 0.494 e. The molecule has 2 atom stereocenters. The van der Waals surface area contributed by atoms with E-state index in [4.69, 9.17) is 9.84 Å². The Morgan fingerprint density at radius 3 is 2.62 bits per heavy atom. The van der Waals surface area contributed by atoms with Crippen LogP contribution in [0.2, 0.25) is 0 Å². The van der Waals surface area contributed by atoms with Crippen molar-refractivity contribution >= 4 is 0 Å². The Balaban J connectivity index is 1.24. The molecule has 1 saturated heterocycles. The maximum Gasteiger partial charge on any atom is 0.119 e.